The minimum atomic E-state index is 0.0284. The summed E-state index contributed by atoms with van der Waals surface area (Å²) in [5.41, 5.74) is 3.09. The van der Waals surface area contributed by atoms with E-state index in [9.17, 15) is 4.79 Å². The van der Waals surface area contributed by atoms with Crippen molar-refractivity contribution >= 4 is 27.5 Å². The molecule has 1 amide bonds. The SMILES string of the molecule is COCC(C)CC(=O)Nc1cc(C)c(Br)c(C)c1. The Morgan fingerprint density at radius 2 is 1.94 bits per heavy atom. The van der Waals surface area contributed by atoms with Gasteiger partial charge >= 0.3 is 0 Å². The highest BCUT2D eigenvalue weighted by atomic mass is 79.9. The molecule has 4 heteroatoms. The molecule has 0 radical (unpaired) electrons. The number of rotatable bonds is 5. The fourth-order valence-electron chi connectivity index (χ4n) is 1.89. The lowest BCUT2D eigenvalue weighted by Gasteiger charge is -2.12. The van der Waals surface area contributed by atoms with Gasteiger partial charge in [-0.05, 0) is 43.0 Å². The molecule has 1 aromatic rings. The van der Waals surface area contributed by atoms with Crippen molar-refractivity contribution in [2.75, 3.05) is 19.0 Å². The molecule has 0 spiro atoms. The summed E-state index contributed by atoms with van der Waals surface area (Å²) < 4.78 is 6.11. The molecule has 0 saturated heterocycles. The number of halogens is 1. The predicted molar refractivity (Wildman–Crippen MR) is 77.9 cm³/mol. The van der Waals surface area contributed by atoms with Crippen molar-refractivity contribution in [2.24, 2.45) is 5.92 Å². The van der Waals surface area contributed by atoms with Crippen LogP contribution in [-0.4, -0.2) is 19.6 Å². The van der Waals surface area contributed by atoms with Crippen LogP contribution in [0.5, 0.6) is 0 Å². The predicted octanol–water partition coefficient (Wildman–Crippen LogP) is 3.68. The topological polar surface area (TPSA) is 38.3 Å². The van der Waals surface area contributed by atoms with Gasteiger partial charge in [-0.3, -0.25) is 4.79 Å². The number of methoxy groups -OCH3 is 1. The van der Waals surface area contributed by atoms with Gasteiger partial charge in [0.15, 0.2) is 0 Å². The first-order valence-corrected chi connectivity index (χ1v) is 6.79. The van der Waals surface area contributed by atoms with Crippen molar-refractivity contribution in [3.05, 3.63) is 27.7 Å². The van der Waals surface area contributed by atoms with Crippen LogP contribution in [0, 0.1) is 19.8 Å². The van der Waals surface area contributed by atoms with Crippen molar-refractivity contribution < 1.29 is 9.53 Å². The number of carbonyl (C=O) groups is 1. The number of amides is 1. The summed E-state index contributed by atoms with van der Waals surface area (Å²) in [6.45, 7) is 6.63. The Morgan fingerprint density at radius 3 is 2.44 bits per heavy atom. The molecule has 0 fully saturated rings. The molecule has 0 aromatic heterocycles. The van der Waals surface area contributed by atoms with Crippen LogP contribution >= 0.6 is 15.9 Å². The van der Waals surface area contributed by atoms with Crippen molar-refractivity contribution in [3.8, 4) is 0 Å². The van der Waals surface area contributed by atoms with Gasteiger partial charge < -0.3 is 10.1 Å². The average Bonchev–Trinajstić information content (AvgIpc) is 2.25. The van der Waals surface area contributed by atoms with E-state index in [4.69, 9.17) is 4.74 Å². The zero-order chi connectivity index (χ0) is 13.7. The van der Waals surface area contributed by atoms with Gasteiger partial charge in [0, 0.05) is 30.3 Å². The van der Waals surface area contributed by atoms with Crippen LogP contribution in [0.25, 0.3) is 0 Å². The highest BCUT2D eigenvalue weighted by molar-refractivity contribution is 9.10. The summed E-state index contributed by atoms with van der Waals surface area (Å²) in [5, 5.41) is 2.92. The van der Waals surface area contributed by atoms with Gasteiger partial charge in [-0.15, -0.1) is 0 Å². The van der Waals surface area contributed by atoms with E-state index in [-0.39, 0.29) is 11.8 Å². The van der Waals surface area contributed by atoms with E-state index in [0.717, 1.165) is 21.3 Å². The van der Waals surface area contributed by atoms with E-state index in [0.29, 0.717) is 13.0 Å². The molecular formula is C14H20BrNO2. The van der Waals surface area contributed by atoms with Crippen LogP contribution in [0.2, 0.25) is 0 Å². The van der Waals surface area contributed by atoms with Crippen LogP contribution in [0.4, 0.5) is 5.69 Å². The molecule has 1 unspecified atom stereocenters. The van der Waals surface area contributed by atoms with E-state index >= 15 is 0 Å². The van der Waals surface area contributed by atoms with Crippen molar-refractivity contribution in [1.29, 1.82) is 0 Å². The Morgan fingerprint density at radius 1 is 1.39 bits per heavy atom. The summed E-state index contributed by atoms with van der Waals surface area (Å²) in [7, 11) is 1.65. The Balaban J connectivity index is 2.65. The molecule has 0 saturated carbocycles. The first-order valence-electron chi connectivity index (χ1n) is 5.99. The second kappa shape index (κ2) is 6.90. The number of ether oxygens (including phenoxy) is 1. The number of anilines is 1. The monoisotopic (exact) mass is 313 g/mol. The van der Waals surface area contributed by atoms with Crippen molar-refractivity contribution in [2.45, 2.75) is 27.2 Å². The van der Waals surface area contributed by atoms with Gasteiger partial charge in [-0.2, -0.15) is 0 Å². The quantitative estimate of drug-likeness (QED) is 0.900. The third-order valence-corrected chi connectivity index (χ3v) is 3.96. The average molecular weight is 314 g/mol. The normalized spacial score (nSPS) is 12.3. The summed E-state index contributed by atoms with van der Waals surface area (Å²) in [6.07, 6.45) is 0.474. The number of nitrogens with one attached hydrogen (secondary N) is 1. The fourth-order valence-corrected chi connectivity index (χ4v) is 2.12. The molecule has 100 valence electrons. The fraction of sp³-hybridized carbons (Fsp3) is 0.500. The van der Waals surface area contributed by atoms with Crippen LogP contribution in [0.1, 0.15) is 24.5 Å². The van der Waals surface area contributed by atoms with Crippen LogP contribution < -0.4 is 5.32 Å². The molecule has 1 N–H and O–H groups in total. The van der Waals surface area contributed by atoms with Gasteiger partial charge in [-0.25, -0.2) is 0 Å². The minimum Gasteiger partial charge on any atom is -0.384 e. The van der Waals surface area contributed by atoms with Gasteiger partial charge in [0.1, 0.15) is 0 Å². The number of hydrogen-bond acceptors (Lipinski definition) is 2. The van der Waals surface area contributed by atoms with Gasteiger partial charge in [0.2, 0.25) is 5.91 Å². The molecule has 3 nitrogen and oxygen atoms in total. The van der Waals surface area contributed by atoms with Crippen molar-refractivity contribution in [3.63, 3.8) is 0 Å². The zero-order valence-corrected chi connectivity index (χ0v) is 12.9. The van der Waals surface area contributed by atoms with E-state index in [2.05, 4.69) is 21.2 Å². The lowest BCUT2D eigenvalue weighted by Crippen LogP contribution is -2.17. The highest BCUT2D eigenvalue weighted by Crippen LogP contribution is 2.25. The lowest BCUT2D eigenvalue weighted by atomic mass is 10.1. The number of hydrogen-bond donors (Lipinski definition) is 1. The maximum atomic E-state index is 11.8. The summed E-state index contributed by atoms with van der Waals surface area (Å²) in [4.78, 5) is 11.8. The first kappa shape index (κ1) is 15.2. The Kier molecular flexibility index (Phi) is 5.82. The summed E-state index contributed by atoms with van der Waals surface area (Å²) in [6, 6.07) is 3.94. The van der Waals surface area contributed by atoms with Crippen LogP contribution in [0.15, 0.2) is 16.6 Å². The van der Waals surface area contributed by atoms with E-state index in [1.807, 2.05) is 32.9 Å². The number of aryl methyl sites for hydroxylation is 2. The zero-order valence-electron chi connectivity index (χ0n) is 11.3. The Hall–Kier alpha value is -0.870. The maximum Gasteiger partial charge on any atom is 0.224 e. The molecule has 0 aliphatic carbocycles. The Bertz CT molecular complexity index is 409. The smallest absolute Gasteiger partial charge is 0.224 e. The maximum absolute atomic E-state index is 11.8. The summed E-state index contributed by atoms with van der Waals surface area (Å²) >= 11 is 3.51. The second-order valence-corrected chi connectivity index (χ2v) is 5.53. The van der Waals surface area contributed by atoms with Gasteiger partial charge in [-0.1, -0.05) is 22.9 Å². The van der Waals surface area contributed by atoms with Crippen molar-refractivity contribution in [1.82, 2.24) is 0 Å². The molecule has 0 heterocycles. The largest absolute Gasteiger partial charge is 0.384 e. The van der Waals surface area contributed by atoms with Gasteiger partial charge in [0.25, 0.3) is 0 Å². The molecule has 0 bridgehead atoms. The van der Waals surface area contributed by atoms with Gasteiger partial charge in [0.05, 0.1) is 0 Å². The molecule has 0 aliphatic rings. The van der Waals surface area contributed by atoms with E-state index in [1.54, 1.807) is 7.11 Å². The lowest BCUT2D eigenvalue weighted by molar-refractivity contribution is -0.117. The third-order valence-electron chi connectivity index (χ3n) is 2.71. The van der Waals surface area contributed by atoms with E-state index in [1.165, 1.54) is 0 Å². The second-order valence-electron chi connectivity index (χ2n) is 4.74. The van der Waals surface area contributed by atoms with E-state index < -0.39 is 0 Å². The standard InChI is InChI=1S/C14H20BrNO2/c1-9(8-18-4)5-13(17)16-12-6-10(2)14(15)11(3)7-12/h6-7,9H,5,8H2,1-4H3,(H,16,17). The molecule has 1 aromatic carbocycles. The van der Waals surface area contributed by atoms with Crippen LogP contribution in [-0.2, 0) is 9.53 Å². The molecule has 0 aliphatic heterocycles. The van der Waals surface area contributed by atoms with Crippen LogP contribution in [0.3, 0.4) is 0 Å². The molecular weight excluding hydrogens is 294 g/mol. The first-order chi connectivity index (χ1) is 8.43. The Labute approximate surface area is 117 Å². The molecule has 1 rings (SSSR count). The number of benzene rings is 1. The molecule has 1 atom stereocenters. The summed E-state index contributed by atoms with van der Waals surface area (Å²) in [5.74, 6) is 0.258. The third kappa shape index (κ3) is 4.42. The molecule has 18 heavy (non-hydrogen) atoms. The highest BCUT2D eigenvalue weighted by Gasteiger charge is 2.10. The number of carbonyl (C=O) groups excluding carboxylic acids is 1. The minimum absolute atomic E-state index is 0.0284.